The molecule has 0 radical (unpaired) electrons. The number of carbonyl (C=O) groups is 3. The van der Waals surface area contributed by atoms with E-state index in [1.54, 1.807) is 27.4 Å². The molecule has 1 aromatic heterocycles. The van der Waals surface area contributed by atoms with Gasteiger partial charge in [-0.25, -0.2) is 14.6 Å². The van der Waals surface area contributed by atoms with Gasteiger partial charge in [-0.05, 0) is 55.9 Å². The Morgan fingerprint density at radius 3 is 2.41 bits per heavy atom. The summed E-state index contributed by atoms with van der Waals surface area (Å²) in [5.74, 6) is 0.543. The molecule has 1 unspecified atom stereocenters. The van der Waals surface area contributed by atoms with E-state index in [-0.39, 0.29) is 18.0 Å². The van der Waals surface area contributed by atoms with Crippen LogP contribution in [0, 0.1) is 6.92 Å². The van der Waals surface area contributed by atoms with E-state index in [4.69, 9.17) is 0 Å². The summed E-state index contributed by atoms with van der Waals surface area (Å²) >= 11 is 1.63. The van der Waals surface area contributed by atoms with Gasteiger partial charge in [-0.1, -0.05) is 30.3 Å². The molecule has 0 spiro atoms. The fourth-order valence-corrected chi connectivity index (χ4v) is 5.41. The summed E-state index contributed by atoms with van der Waals surface area (Å²) in [6.45, 7) is 3.41. The summed E-state index contributed by atoms with van der Waals surface area (Å²) in [5, 5.41) is 5.70. The third-order valence-corrected chi connectivity index (χ3v) is 7.74. The van der Waals surface area contributed by atoms with Crippen LogP contribution in [0.3, 0.4) is 0 Å². The number of amides is 4. The summed E-state index contributed by atoms with van der Waals surface area (Å²) in [7, 11) is 0. The quantitative estimate of drug-likeness (QED) is 0.476. The van der Waals surface area contributed by atoms with Crippen LogP contribution in [0.4, 0.5) is 15.3 Å². The molecule has 3 heterocycles. The number of nitrogens with zero attached hydrogens (tertiary/aromatic N) is 4. The van der Waals surface area contributed by atoms with Crippen molar-refractivity contribution in [2.24, 2.45) is 0 Å². The molecule has 1 atom stereocenters. The number of urea groups is 1. The highest BCUT2D eigenvalue weighted by Gasteiger charge is 2.37. The van der Waals surface area contributed by atoms with Crippen molar-refractivity contribution in [3.8, 4) is 0 Å². The van der Waals surface area contributed by atoms with Crippen LogP contribution in [-0.4, -0.2) is 62.7 Å². The molecule has 192 valence electrons. The number of piperidine rings is 1. The number of nitrogens with one attached hydrogen (secondary N) is 2. The highest BCUT2D eigenvalue weighted by Crippen LogP contribution is 2.27. The van der Waals surface area contributed by atoms with E-state index in [0.29, 0.717) is 44.0 Å². The summed E-state index contributed by atoms with van der Waals surface area (Å²) in [5.41, 5.74) is 2.28. The van der Waals surface area contributed by atoms with Crippen LogP contribution in [0.15, 0.2) is 65.7 Å². The normalized spacial score (nSPS) is 16.4. The minimum Gasteiger partial charge on any atom is -0.340 e. The Bertz CT molecular complexity index is 1290. The molecule has 0 bridgehead atoms. The Morgan fingerprint density at radius 1 is 1.05 bits per heavy atom. The van der Waals surface area contributed by atoms with Gasteiger partial charge in [-0.15, -0.1) is 11.8 Å². The molecule has 4 amide bonds. The number of carbonyl (C=O) groups excluding carboxylic acids is 3. The topological polar surface area (TPSA) is 99.6 Å². The predicted molar refractivity (Wildman–Crippen MR) is 142 cm³/mol. The van der Waals surface area contributed by atoms with Crippen LogP contribution in [0.1, 0.15) is 36.0 Å². The smallest absolute Gasteiger partial charge is 0.330 e. The average Bonchev–Trinajstić information content (AvgIpc) is 3.47. The average molecular weight is 519 g/mol. The second kappa shape index (κ2) is 10.7. The minimum absolute atomic E-state index is 0.0409. The number of benzene rings is 2. The van der Waals surface area contributed by atoms with Gasteiger partial charge in [0.05, 0.1) is 18.4 Å². The molecule has 2 aliphatic heterocycles. The number of hydrogen-bond donors (Lipinski definition) is 2. The van der Waals surface area contributed by atoms with Crippen LogP contribution >= 0.6 is 11.8 Å². The number of thioether (sulfide) groups is 1. The monoisotopic (exact) mass is 518 g/mol. The fraction of sp³-hybridized carbons (Fsp3) is 0.333. The lowest BCUT2D eigenvalue weighted by Gasteiger charge is -2.37. The lowest BCUT2D eigenvalue weighted by molar-refractivity contribution is -0.134. The van der Waals surface area contributed by atoms with E-state index in [1.807, 2.05) is 72.7 Å². The van der Waals surface area contributed by atoms with Crippen LogP contribution < -0.4 is 10.6 Å². The van der Waals surface area contributed by atoms with Crippen molar-refractivity contribution in [1.82, 2.24) is 24.7 Å². The van der Waals surface area contributed by atoms with Crippen LogP contribution in [-0.2, 0) is 11.3 Å². The van der Waals surface area contributed by atoms with Gasteiger partial charge in [0.2, 0.25) is 5.91 Å². The van der Waals surface area contributed by atoms with Gasteiger partial charge in [0.15, 0.2) is 0 Å². The molecule has 2 aromatic carbocycles. The van der Waals surface area contributed by atoms with Gasteiger partial charge < -0.3 is 20.4 Å². The maximum atomic E-state index is 13.6. The molecule has 1 saturated heterocycles. The molecule has 5 rings (SSSR count). The first-order valence-electron chi connectivity index (χ1n) is 12.3. The summed E-state index contributed by atoms with van der Waals surface area (Å²) in [6.07, 6.45) is 5.12. The molecule has 1 fully saturated rings. The molecule has 0 saturated carbocycles. The first-order valence-corrected chi connectivity index (χ1v) is 13.6. The van der Waals surface area contributed by atoms with E-state index < -0.39 is 12.1 Å². The van der Waals surface area contributed by atoms with E-state index in [2.05, 4.69) is 15.6 Å². The van der Waals surface area contributed by atoms with Gasteiger partial charge in [-0.3, -0.25) is 9.36 Å². The number of rotatable bonds is 6. The fourth-order valence-electron chi connectivity index (χ4n) is 5.01. The third kappa shape index (κ3) is 5.20. The van der Waals surface area contributed by atoms with Crippen molar-refractivity contribution in [3.05, 3.63) is 77.9 Å². The maximum Gasteiger partial charge on any atom is 0.330 e. The van der Waals surface area contributed by atoms with Crippen molar-refractivity contribution in [2.45, 2.75) is 43.3 Å². The van der Waals surface area contributed by atoms with Crippen LogP contribution in [0.25, 0.3) is 0 Å². The number of imidazole rings is 1. The SMILES string of the molecule is CSc1ccc(NC(=O)NC(C(=O)N2CCC(N3Cc4cnc(C)n4C3=O)CC2)c2ccccc2)cc1. The minimum atomic E-state index is -0.814. The predicted octanol–water partition coefficient (Wildman–Crippen LogP) is 4.25. The Labute approximate surface area is 220 Å². The van der Waals surface area contributed by atoms with E-state index in [0.717, 1.165) is 16.2 Å². The maximum absolute atomic E-state index is 13.6. The van der Waals surface area contributed by atoms with E-state index in [9.17, 15) is 14.4 Å². The van der Waals surface area contributed by atoms with Crippen molar-refractivity contribution >= 4 is 35.4 Å². The molecule has 2 N–H and O–H groups in total. The molecule has 10 heteroatoms. The Morgan fingerprint density at radius 2 is 1.76 bits per heavy atom. The molecule has 37 heavy (non-hydrogen) atoms. The van der Waals surface area contributed by atoms with Gasteiger partial charge in [0, 0.05) is 29.7 Å². The second-order valence-electron chi connectivity index (χ2n) is 9.27. The van der Waals surface area contributed by atoms with E-state index >= 15 is 0 Å². The Kier molecular flexibility index (Phi) is 7.18. The third-order valence-electron chi connectivity index (χ3n) is 7.00. The molecule has 3 aromatic rings. The van der Waals surface area contributed by atoms with Gasteiger partial charge in [0.1, 0.15) is 11.9 Å². The Balaban J connectivity index is 1.23. The standard InChI is InChI=1S/C27H30N6O3S/c1-18-28-16-22-17-32(27(36)33(18)22)21-12-14-31(15-13-21)25(34)24(19-6-4-3-5-7-19)30-26(35)29-20-8-10-23(37-2)11-9-20/h3-11,16,21,24H,12-15,17H2,1-2H3,(H2,29,30,35). The summed E-state index contributed by atoms with van der Waals surface area (Å²) in [6, 6.07) is 15.6. The first-order chi connectivity index (χ1) is 17.9. The highest BCUT2D eigenvalue weighted by molar-refractivity contribution is 7.98. The molecular formula is C27H30N6O3S. The number of hydrogen-bond acceptors (Lipinski definition) is 5. The molecule has 0 aliphatic carbocycles. The van der Waals surface area contributed by atoms with Crippen molar-refractivity contribution in [3.63, 3.8) is 0 Å². The number of anilines is 1. The number of aryl methyl sites for hydroxylation is 1. The first kappa shape index (κ1) is 24.9. The van der Waals surface area contributed by atoms with E-state index in [1.165, 1.54) is 0 Å². The van der Waals surface area contributed by atoms with Gasteiger partial charge in [-0.2, -0.15) is 0 Å². The Hall–Kier alpha value is -3.79. The second-order valence-corrected chi connectivity index (χ2v) is 10.1. The number of likely N-dealkylation sites (tertiary alicyclic amines) is 1. The number of aromatic nitrogens is 2. The van der Waals surface area contributed by atoms with Crippen molar-refractivity contribution in [2.75, 3.05) is 24.7 Å². The summed E-state index contributed by atoms with van der Waals surface area (Å²) in [4.78, 5) is 48.4. The summed E-state index contributed by atoms with van der Waals surface area (Å²) < 4.78 is 1.67. The van der Waals surface area contributed by atoms with Crippen molar-refractivity contribution in [1.29, 1.82) is 0 Å². The zero-order valence-corrected chi connectivity index (χ0v) is 21.7. The molecule has 9 nitrogen and oxygen atoms in total. The number of fused-ring (bicyclic) bond motifs is 1. The van der Waals surface area contributed by atoms with Crippen molar-refractivity contribution < 1.29 is 14.4 Å². The van der Waals surface area contributed by atoms with Crippen LogP contribution in [0.5, 0.6) is 0 Å². The molecule has 2 aliphatic rings. The zero-order chi connectivity index (χ0) is 25.9. The van der Waals surface area contributed by atoms with Gasteiger partial charge in [0.25, 0.3) is 0 Å². The lowest BCUT2D eigenvalue weighted by Crippen LogP contribution is -2.50. The van der Waals surface area contributed by atoms with Gasteiger partial charge >= 0.3 is 12.1 Å². The molecular weight excluding hydrogens is 488 g/mol. The largest absolute Gasteiger partial charge is 0.340 e. The lowest BCUT2D eigenvalue weighted by atomic mass is 10.0. The zero-order valence-electron chi connectivity index (χ0n) is 20.9. The highest BCUT2D eigenvalue weighted by atomic mass is 32.2. The van der Waals surface area contributed by atoms with Crippen LogP contribution in [0.2, 0.25) is 0 Å².